The molecule has 0 unspecified atom stereocenters. The van der Waals surface area contributed by atoms with Crippen LogP contribution in [0.4, 0.5) is 0 Å². The van der Waals surface area contributed by atoms with Gasteiger partial charge in [0.25, 0.3) is 5.78 Å². The molecule has 0 saturated heterocycles. The Kier molecular flexibility index (Phi) is 4.26. The fraction of sp³-hybridized carbons (Fsp3) is 0.304. The standard InChI is InChI=1S/C23H23NO4/c1-23(2,3)15-7-5-14(6-8-15)12-24-18-10-9-16(27-4)11-17(18)20-19(24)13-28-22(26)21(20)25/h5-11H,12-13H2,1-4H3. The molecule has 4 rings (SSSR count). The number of Topliss-reactive ketones (excluding diaryl/α,β-unsaturated/α-hetero) is 1. The largest absolute Gasteiger partial charge is 0.497 e. The third-order valence-corrected chi connectivity index (χ3v) is 5.29. The molecule has 1 aliphatic heterocycles. The number of ketones is 1. The number of methoxy groups -OCH3 is 1. The zero-order valence-corrected chi connectivity index (χ0v) is 16.5. The van der Waals surface area contributed by atoms with E-state index in [1.165, 1.54) is 5.56 Å². The van der Waals surface area contributed by atoms with Crippen molar-refractivity contribution >= 4 is 22.7 Å². The lowest BCUT2D eigenvalue weighted by atomic mass is 9.87. The summed E-state index contributed by atoms with van der Waals surface area (Å²) in [4.78, 5) is 24.4. The summed E-state index contributed by atoms with van der Waals surface area (Å²) in [7, 11) is 1.58. The van der Waals surface area contributed by atoms with Crippen LogP contribution in [0.15, 0.2) is 42.5 Å². The average molecular weight is 377 g/mol. The minimum Gasteiger partial charge on any atom is -0.497 e. The lowest BCUT2D eigenvalue weighted by Gasteiger charge is -2.20. The number of nitrogens with zero attached hydrogens (tertiary/aromatic N) is 1. The molecule has 0 spiro atoms. The van der Waals surface area contributed by atoms with Gasteiger partial charge in [-0.05, 0) is 34.7 Å². The molecule has 3 aromatic rings. The summed E-state index contributed by atoms with van der Waals surface area (Å²) < 4.78 is 12.5. The highest BCUT2D eigenvalue weighted by Crippen LogP contribution is 2.33. The van der Waals surface area contributed by atoms with Crippen molar-refractivity contribution in [3.8, 4) is 5.75 Å². The van der Waals surface area contributed by atoms with Crippen LogP contribution in [0, 0.1) is 0 Å². The maximum absolute atomic E-state index is 12.5. The summed E-state index contributed by atoms with van der Waals surface area (Å²) >= 11 is 0. The third kappa shape index (κ3) is 2.97. The molecule has 0 N–H and O–H groups in total. The van der Waals surface area contributed by atoms with Gasteiger partial charge in [-0.1, -0.05) is 45.0 Å². The van der Waals surface area contributed by atoms with Gasteiger partial charge in [-0.2, -0.15) is 0 Å². The van der Waals surface area contributed by atoms with E-state index in [0.29, 0.717) is 17.9 Å². The SMILES string of the molecule is COc1ccc2c(c1)c1c(n2Cc2ccc(C(C)(C)C)cc2)COC(=O)C1=O. The van der Waals surface area contributed by atoms with Crippen molar-refractivity contribution in [3.05, 3.63) is 64.8 Å². The summed E-state index contributed by atoms with van der Waals surface area (Å²) in [5.41, 5.74) is 4.52. The van der Waals surface area contributed by atoms with Gasteiger partial charge in [0.1, 0.15) is 12.4 Å². The monoisotopic (exact) mass is 377 g/mol. The van der Waals surface area contributed by atoms with Gasteiger partial charge in [0, 0.05) is 17.4 Å². The summed E-state index contributed by atoms with van der Waals surface area (Å²) in [5.74, 6) is -0.751. The first kappa shape index (κ1) is 18.3. The molecule has 2 aromatic carbocycles. The number of ether oxygens (including phenoxy) is 2. The number of rotatable bonds is 3. The highest BCUT2D eigenvalue weighted by molar-refractivity contribution is 6.44. The van der Waals surface area contributed by atoms with Gasteiger partial charge in [-0.15, -0.1) is 0 Å². The number of aromatic nitrogens is 1. The van der Waals surface area contributed by atoms with E-state index in [1.807, 2.05) is 18.2 Å². The Balaban J connectivity index is 1.83. The van der Waals surface area contributed by atoms with Crippen LogP contribution >= 0.6 is 0 Å². The molecule has 144 valence electrons. The highest BCUT2D eigenvalue weighted by atomic mass is 16.5. The Hall–Kier alpha value is -3.08. The Labute approximate surface area is 163 Å². The Morgan fingerprint density at radius 2 is 1.79 bits per heavy atom. The molecule has 28 heavy (non-hydrogen) atoms. The molecular weight excluding hydrogens is 354 g/mol. The lowest BCUT2D eigenvalue weighted by molar-refractivity contribution is -0.140. The molecule has 0 saturated carbocycles. The minimum atomic E-state index is -0.802. The minimum absolute atomic E-state index is 0.0923. The van der Waals surface area contributed by atoms with Gasteiger partial charge in [-0.25, -0.2) is 4.79 Å². The second-order valence-electron chi connectivity index (χ2n) is 8.14. The van der Waals surface area contributed by atoms with Crippen molar-refractivity contribution in [2.24, 2.45) is 0 Å². The number of benzene rings is 2. The van der Waals surface area contributed by atoms with Crippen LogP contribution in [0.2, 0.25) is 0 Å². The van der Waals surface area contributed by atoms with Crippen LogP contribution in [-0.4, -0.2) is 23.4 Å². The van der Waals surface area contributed by atoms with E-state index in [1.54, 1.807) is 7.11 Å². The second kappa shape index (κ2) is 6.51. The number of carbonyl (C=O) groups is 2. The fourth-order valence-corrected chi connectivity index (χ4v) is 3.69. The molecule has 0 amide bonds. The number of esters is 1. The quantitative estimate of drug-likeness (QED) is 0.506. The molecule has 0 aliphatic carbocycles. The predicted molar refractivity (Wildman–Crippen MR) is 107 cm³/mol. The average Bonchev–Trinajstić information content (AvgIpc) is 2.98. The van der Waals surface area contributed by atoms with Gasteiger partial charge in [0.15, 0.2) is 0 Å². The molecule has 2 heterocycles. The number of hydrogen-bond acceptors (Lipinski definition) is 4. The first-order valence-electron chi connectivity index (χ1n) is 9.29. The molecule has 5 heteroatoms. The van der Waals surface area contributed by atoms with E-state index in [2.05, 4.69) is 49.6 Å². The first-order valence-corrected chi connectivity index (χ1v) is 9.29. The molecule has 0 radical (unpaired) electrons. The van der Waals surface area contributed by atoms with Crippen LogP contribution in [0.5, 0.6) is 5.75 Å². The molecule has 0 fully saturated rings. The smallest absolute Gasteiger partial charge is 0.380 e. The lowest BCUT2D eigenvalue weighted by Crippen LogP contribution is -2.25. The first-order chi connectivity index (χ1) is 13.3. The zero-order chi connectivity index (χ0) is 20.1. The molecular formula is C23H23NO4. The van der Waals surface area contributed by atoms with E-state index in [-0.39, 0.29) is 12.0 Å². The normalized spacial score (nSPS) is 14.1. The van der Waals surface area contributed by atoms with Crippen molar-refractivity contribution in [2.75, 3.05) is 7.11 Å². The van der Waals surface area contributed by atoms with E-state index in [0.717, 1.165) is 22.2 Å². The van der Waals surface area contributed by atoms with Crippen LogP contribution in [0.3, 0.4) is 0 Å². The van der Waals surface area contributed by atoms with Gasteiger partial charge >= 0.3 is 5.97 Å². The summed E-state index contributed by atoms with van der Waals surface area (Å²) in [6, 6.07) is 14.1. The molecule has 0 atom stereocenters. The van der Waals surface area contributed by atoms with Crippen LogP contribution < -0.4 is 4.74 Å². The maximum atomic E-state index is 12.5. The van der Waals surface area contributed by atoms with E-state index < -0.39 is 11.8 Å². The van der Waals surface area contributed by atoms with Crippen molar-refractivity contribution in [1.82, 2.24) is 4.57 Å². The van der Waals surface area contributed by atoms with Crippen molar-refractivity contribution in [1.29, 1.82) is 0 Å². The molecule has 1 aromatic heterocycles. The van der Waals surface area contributed by atoms with Gasteiger partial charge in [0.2, 0.25) is 0 Å². The predicted octanol–water partition coefficient (Wildman–Crippen LogP) is 4.24. The third-order valence-electron chi connectivity index (χ3n) is 5.29. The van der Waals surface area contributed by atoms with Gasteiger partial charge < -0.3 is 14.0 Å². The van der Waals surface area contributed by atoms with Crippen molar-refractivity contribution < 1.29 is 19.1 Å². The Bertz CT molecular complexity index is 1080. The Morgan fingerprint density at radius 1 is 1.07 bits per heavy atom. The highest BCUT2D eigenvalue weighted by Gasteiger charge is 2.33. The molecule has 0 bridgehead atoms. The number of hydrogen-bond donors (Lipinski definition) is 0. The summed E-state index contributed by atoms with van der Waals surface area (Å²) in [5, 5.41) is 0.724. The topological polar surface area (TPSA) is 57.5 Å². The van der Waals surface area contributed by atoms with Crippen LogP contribution in [-0.2, 0) is 28.1 Å². The number of cyclic esters (lactones) is 1. The second-order valence-corrected chi connectivity index (χ2v) is 8.14. The van der Waals surface area contributed by atoms with E-state index >= 15 is 0 Å². The van der Waals surface area contributed by atoms with E-state index in [9.17, 15) is 9.59 Å². The number of carbonyl (C=O) groups excluding carboxylic acids is 2. The van der Waals surface area contributed by atoms with Gasteiger partial charge in [-0.3, -0.25) is 4.79 Å². The maximum Gasteiger partial charge on any atom is 0.380 e. The molecule has 1 aliphatic rings. The fourth-order valence-electron chi connectivity index (χ4n) is 3.69. The zero-order valence-electron chi connectivity index (χ0n) is 16.5. The van der Waals surface area contributed by atoms with Gasteiger partial charge in [0.05, 0.1) is 18.4 Å². The number of fused-ring (bicyclic) bond motifs is 3. The Morgan fingerprint density at radius 3 is 2.43 bits per heavy atom. The summed E-state index contributed by atoms with van der Waals surface area (Å²) in [6.07, 6.45) is 0. The van der Waals surface area contributed by atoms with Crippen molar-refractivity contribution in [2.45, 2.75) is 39.3 Å². The summed E-state index contributed by atoms with van der Waals surface area (Å²) in [6.45, 7) is 7.24. The molecule has 5 nitrogen and oxygen atoms in total. The van der Waals surface area contributed by atoms with Crippen LogP contribution in [0.1, 0.15) is 48.0 Å². The van der Waals surface area contributed by atoms with Crippen molar-refractivity contribution in [3.63, 3.8) is 0 Å². The van der Waals surface area contributed by atoms with Crippen LogP contribution in [0.25, 0.3) is 10.9 Å². The van der Waals surface area contributed by atoms with E-state index in [4.69, 9.17) is 9.47 Å².